The normalized spacial score (nSPS) is 12.6. The van der Waals surface area contributed by atoms with Crippen LogP contribution in [0.15, 0.2) is 48.8 Å². The van der Waals surface area contributed by atoms with Crippen LogP contribution in [0.2, 0.25) is 0 Å². The van der Waals surface area contributed by atoms with Crippen molar-refractivity contribution < 1.29 is 9.84 Å². The third-order valence-electron chi connectivity index (χ3n) is 3.38. The molecule has 0 saturated carbocycles. The Labute approximate surface area is 117 Å². The number of ether oxygens (including phenoxy) is 1. The number of hydrogen-bond acceptors (Lipinski definition) is 3. The van der Waals surface area contributed by atoms with Crippen molar-refractivity contribution in [3.05, 3.63) is 54.4 Å². The molecule has 1 N–H and O–H groups in total. The first-order chi connectivity index (χ1) is 9.70. The van der Waals surface area contributed by atoms with Crippen LogP contribution < -0.4 is 4.74 Å². The molecule has 0 fully saturated rings. The van der Waals surface area contributed by atoms with Crippen LogP contribution in [0.25, 0.3) is 16.8 Å². The monoisotopic (exact) mass is 268 g/mol. The van der Waals surface area contributed by atoms with Gasteiger partial charge in [0.15, 0.2) is 0 Å². The van der Waals surface area contributed by atoms with Gasteiger partial charge in [0.1, 0.15) is 0 Å². The molecule has 3 rings (SSSR count). The summed E-state index contributed by atoms with van der Waals surface area (Å²) in [6.45, 7) is 1.77. The number of fused-ring (bicyclic) bond motifs is 1. The van der Waals surface area contributed by atoms with E-state index >= 15 is 0 Å². The van der Waals surface area contributed by atoms with Gasteiger partial charge < -0.3 is 14.2 Å². The van der Waals surface area contributed by atoms with Crippen LogP contribution in [0.3, 0.4) is 0 Å². The molecule has 3 aromatic heterocycles. The molecule has 0 spiro atoms. The fraction of sp³-hybridized carbons (Fsp3) is 0.188. The lowest BCUT2D eigenvalue weighted by atomic mass is 10.1. The highest BCUT2D eigenvalue weighted by Crippen LogP contribution is 2.31. The van der Waals surface area contributed by atoms with Crippen LogP contribution in [0, 0.1) is 0 Å². The van der Waals surface area contributed by atoms with Crippen LogP contribution in [0.1, 0.15) is 18.6 Å². The summed E-state index contributed by atoms with van der Waals surface area (Å²) in [5, 5.41) is 10.0. The Morgan fingerprint density at radius 3 is 2.75 bits per heavy atom. The van der Waals surface area contributed by atoms with Crippen molar-refractivity contribution in [1.29, 1.82) is 0 Å². The molecule has 1 unspecified atom stereocenters. The van der Waals surface area contributed by atoms with Crippen LogP contribution >= 0.6 is 0 Å². The molecule has 1 atom stereocenters. The van der Waals surface area contributed by atoms with Gasteiger partial charge in [-0.25, -0.2) is 4.98 Å². The topological polar surface area (TPSA) is 46.8 Å². The number of rotatable bonds is 3. The summed E-state index contributed by atoms with van der Waals surface area (Å²) in [6.07, 6.45) is 3.22. The van der Waals surface area contributed by atoms with Gasteiger partial charge in [-0.3, -0.25) is 0 Å². The average molecular weight is 268 g/mol. The Balaban J connectivity index is 2.24. The zero-order valence-corrected chi connectivity index (χ0v) is 11.4. The van der Waals surface area contributed by atoms with Gasteiger partial charge in [-0.1, -0.05) is 6.07 Å². The van der Waals surface area contributed by atoms with Crippen molar-refractivity contribution in [3.8, 4) is 17.1 Å². The van der Waals surface area contributed by atoms with Crippen LogP contribution in [-0.2, 0) is 0 Å². The predicted molar refractivity (Wildman–Crippen MR) is 77.8 cm³/mol. The van der Waals surface area contributed by atoms with Gasteiger partial charge in [0.2, 0.25) is 5.88 Å². The quantitative estimate of drug-likeness (QED) is 0.794. The maximum atomic E-state index is 10.0. The minimum absolute atomic E-state index is 0.535. The molecule has 0 amide bonds. The first-order valence-electron chi connectivity index (χ1n) is 6.49. The maximum absolute atomic E-state index is 10.0. The summed E-state index contributed by atoms with van der Waals surface area (Å²) in [6, 6.07) is 11.8. The number of methoxy groups -OCH3 is 1. The van der Waals surface area contributed by atoms with Crippen LogP contribution in [-0.4, -0.2) is 21.6 Å². The lowest BCUT2D eigenvalue weighted by Crippen LogP contribution is -1.96. The highest BCUT2D eigenvalue weighted by atomic mass is 16.5. The van der Waals surface area contributed by atoms with Gasteiger partial charge in [-0.2, -0.15) is 0 Å². The summed E-state index contributed by atoms with van der Waals surface area (Å²) in [4.78, 5) is 4.24. The number of aromatic nitrogens is 2. The first-order valence-corrected chi connectivity index (χ1v) is 6.49. The number of hydrogen-bond donors (Lipinski definition) is 1. The lowest BCUT2D eigenvalue weighted by molar-refractivity contribution is 0.200. The number of aliphatic hydroxyl groups excluding tert-OH is 1. The van der Waals surface area contributed by atoms with E-state index in [0.29, 0.717) is 5.88 Å². The smallest absolute Gasteiger partial charge is 0.212 e. The van der Waals surface area contributed by atoms with Gasteiger partial charge in [0.05, 0.1) is 18.9 Å². The van der Waals surface area contributed by atoms with Crippen molar-refractivity contribution in [2.24, 2.45) is 0 Å². The molecular weight excluding hydrogens is 252 g/mol. The van der Waals surface area contributed by atoms with Crippen molar-refractivity contribution in [2.75, 3.05) is 7.11 Å². The van der Waals surface area contributed by atoms with E-state index in [1.54, 1.807) is 20.2 Å². The summed E-state index contributed by atoms with van der Waals surface area (Å²) in [5.41, 5.74) is 3.86. The molecular formula is C16H16N2O2. The number of nitrogens with zero attached hydrogens (tertiary/aromatic N) is 2. The van der Waals surface area contributed by atoms with E-state index in [0.717, 1.165) is 22.3 Å². The zero-order chi connectivity index (χ0) is 14.1. The minimum atomic E-state index is -0.535. The largest absolute Gasteiger partial charge is 0.481 e. The van der Waals surface area contributed by atoms with E-state index in [1.807, 2.05) is 42.6 Å². The molecule has 0 radical (unpaired) electrons. The molecule has 4 heteroatoms. The fourth-order valence-corrected chi connectivity index (χ4v) is 2.41. The Morgan fingerprint density at radius 1 is 1.25 bits per heavy atom. The maximum Gasteiger partial charge on any atom is 0.212 e. The van der Waals surface area contributed by atoms with Crippen LogP contribution in [0.4, 0.5) is 0 Å². The molecule has 0 aliphatic rings. The van der Waals surface area contributed by atoms with Crippen molar-refractivity contribution in [3.63, 3.8) is 0 Å². The average Bonchev–Trinajstić information content (AvgIpc) is 2.87. The second kappa shape index (κ2) is 4.98. The Morgan fingerprint density at radius 2 is 2.10 bits per heavy atom. The molecule has 4 nitrogen and oxygen atoms in total. The lowest BCUT2D eigenvalue weighted by Gasteiger charge is -2.09. The van der Waals surface area contributed by atoms with E-state index in [2.05, 4.69) is 9.38 Å². The molecule has 3 heterocycles. The summed E-state index contributed by atoms with van der Waals surface area (Å²) >= 11 is 0. The van der Waals surface area contributed by atoms with Crippen LogP contribution in [0.5, 0.6) is 5.88 Å². The van der Waals surface area contributed by atoms with Gasteiger partial charge in [0.25, 0.3) is 0 Å². The van der Waals surface area contributed by atoms with Gasteiger partial charge >= 0.3 is 0 Å². The van der Waals surface area contributed by atoms with E-state index in [1.165, 1.54) is 0 Å². The Bertz CT molecular complexity index is 730. The number of pyridine rings is 2. The van der Waals surface area contributed by atoms with E-state index in [-0.39, 0.29) is 0 Å². The third-order valence-corrected chi connectivity index (χ3v) is 3.38. The minimum Gasteiger partial charge on any atom is -0.481 e. The van der Waals surface area contributed by atoms with Crippen molar-refractivity contribution in [1.82, 2.24) is 9.38 Å². The molecule has 0 bridgehead atoms. The van der Waals surface area contributed by atoms with E-state index in [4.69, 9.17) is 4.74 Å². The molecule has 0 aliphatic carbocycles. The third kappa shape index (κ3) is 2.04. The molecule has 3 aromatic rings. The van der Waals surface area contributed by atoms with Gasteiger partial charge in [-0.15, -0.1) is 0 Å². The molecule has 0 saturated heterocycles. The number of aliphatic hydroxyl groups is 1. The molecule has 0 aromatic carbocycles. The van der Waals surface area contributed by atoms with E-state index in [9.17, 15) is 5.11 Å². The second-order valence-corrected chi connectivity index (χ2v) is 4.71. The Kier molecular flexibility index (Phi) is 3.16. The standard InChI is InChI=1S/C16H16N2O2/c1-11(19)14-9-13-5-3-4-8-18(13)16(14)12-6-7-15(20-2)17-10-12/h3-11,19H,1-2H3. The van der Waals surface area contributed by atoms with E-state index < -0.39 is 6.10 Å². The Hall–Kier alpha value is -2.33. The highest BCUT2D eigenvalue weighted by molar-refractivity contribution is 5.71. The summed E-state index contributed by atoms with van der Waals surface area (Å²) < 4.78 is 7.15. The summed E-state index contributed by atoms with van der Waals surface area (Å²) in [5.74, 6) is 0.577. The van der Waals surface area contributed by atoms with Crippen molar-refractivity contribution >= 4 is 5.52 Å². The molecule has 0 aliphatic heterocycles. The molecule has 102 valence electrons. The van der Waals surface area contributed by atoms with Crippen molar-refractivity contribution in [2.45, 2.75) is 13.0 Å². The first kappa shape index (κ1) is 12.7. The van der Waals surface area contributed by atoms with Gasteiger partial charge in [0, 0.05) is 35.1 Å². The summed E-state index contributed by atoms with van der Waals surface area (Å²) in [7, 11) is 1.59. The SMILES string of the molecule is COc1ccc(-c2c(C(C)O)cc3ccccn23)cn1. The molecule has 20 heavy (non-hydrogen) atoms. The zero-order valence-electron chi connectivity index (χ0n) is 11.4. The second-order valence-electron chi connectivity index (χ2n) is 4.71. The predicted octanol–water partition coefficient (Wildman–Crippen LogP) is 3.06. The van der Waals surface area contributed by atoms with Gasteiger partial charge in [-0.05, 0) is 31.2 Å². The fourth-order valence-electron chi connectivity index (χ4n) is 2.41. The highest BCUT2D eigenvalue weighted by Gasteiger charge is 2.15.